The van der Waals surface area contributed by atoms with Gasteiger partial charge in [0.2, 0.25) is 0 Å². The number of hydrogen-bond donors (Lipinski definition) is 0. The molecule has 0 radical (unpaired) electrons. The standard InChI is InChI=1S/C18H18N2O4S/c1-2-23-17(22)13-10-19-18-20(16(13)21)14-8-7-12(9-15(14)25-18)24-11-5-3-4-6-11/h7-11H,2-6H2,1H3. The number of nitrogens with zero attached hydrogens (tertiary/aromatic N) is 2. The van der Waals surface area contributed by atoms with E-state index in [9.17, 15) is 9.59 Å². The predicted octanol–water partition coefficient (Wildman–Crippen LogP) is 3.41. The summed E-state index contributed by atoms with van der Waals surface area (Å²) in [7, 11) is 0. The van der Waals surface area contributed by atoms with Crippen molar-refractivity contribution in [2.75, 3.05) is 6.61 Å². The molecule has 0 unspecified atom stereocenters. The third kappa shape index (κ3) is 2.89. The van der Waals surface area contributed by atoms with Gasteiger partial charge in [-0.15, -0.1) is 0 Å². The minimum Gasteiger partial charge on any atom is -0.490 e. The number of carbonyl (C=O) groups excluding carboxylic acids is 1. The van der Waals surface area contributed by atoms with Gasteiger partial charge in [-0.2, -0.15) is 0 Å². The molecule has 1 aromatic carbocycles. The van der Waals surface area contributed by atoms with Crippen molar-refractivity contribution in [2.45, 2.75) is 38.7 Å². The topological polar surface area (TPSA) is 69.9 Å². The molecule has 1 fully saturated rings. The second kappa shape index (κ2) is 6.48. The molecule has 1 aliphatic rings. The van der Waals surface area contributed by atoms with Crippen molar-refractivity contribution >= 4 is 32.5 Å². The highest BCUT2D eigenvalue weighted by Crippen LogP contribution is 2.30. The van der Waals surface area contributed by atoms with Gasteiger partial charge in [-0.1, -0.05) is 11.3 Å². The van der Waals surface area contributed by atoms with E-state index in [1.165, 1.54) is 34.8 Å². The van der Waals surface area contributed by atoms with E-state index in [2.05, 4.69) is 4.98 Å². The fourth-order valence-corrected chi connectivity index (χ4v) is 4.22. The first-order valence-electron chi connectivity index (χ1n) is 8.45. The highest BCUT2D eigenvalue weighted by Gasteiger charge is 2.19. The molecule has 0 amide bonds. The van der Waals surface area contributed by atoms with Gasteiger partial charge in [-0.3, -0.25) is 9.20 Å². The summed E-state index contributed by atoms with van der Waals surface area (Å²) in [5, 5.41) is 0. The number of esters is 1. The monoisotopic (exact) mass is 358 g/mol. The van der Waals surface area contributed by atoms with E-state index in [0.717, 1.165) is 28.8 Å². The van der Waals surface area contributed by atoms with E-state index in [-0.39, 0.29) is 18.3 Å². The zero-order valence-electron chi connectivity index (χ0n) is 13.9. The third-order valence-corrected chi connectivity index (χ3v) is 5.42. The molecule has 2 heterocycles. The van der Waals surface area contributed by atoms with Gasteiger partial charge < -0.3 is 9.47 Å². The summed E-state index contributed by atoms with van der Waals surface area (Å²) in [4.78, 5) is 29.4. The highest BCUT2D eigenvalue weighted by molar-refractivity contribution is 7.23. The van der Waals surface area contributed by atoms with Crippen molar-refractivity contribution < 1.29 is 14.3 Å². The summed E-state index contributed by atoms with van der Waals surface area (Å²) in [5.41, 5.74) is 0.270. The highest BCUT2D eigenvalue weighted by atomic mass is 32.1. The van der Waals surface area contributed by atoms with Crippen LogP contribution in [0, 0.1) is 0 Å². The van der Waals surface area contributed by atoms with Crippen molar-refractivity contribution in [3.63, 3.8) is 0 Å². The Morgan fingerprint density at radius 1 is 1.36 bits per heavy atom. The zero-order chi connectivity index (χ0) is 17.4. The molecule has 25 heavy (non-hydrogen) atoms. The minimum atomic E-state index is -0.644. The second-order valence-corrected chi connectivity index (χ2v) is 7.08. The molecule has 0 saturated heterocycles. The van der Waals surface area contributed by atoms with Gasteiger partial charge in [0.05, 0.1) is 29.1 Å². The summed E-state index contributed by atoms with van der Waals surface area (Å²) in [5.74, 6) is 0.166. The minimum absolute atomic E-state index is 0.0506. The van der Waals surface area contributed by atoms with Crippen LogP contribution in [0.3, 0.4) is 0 Å². The fraction of sp³-hybridized carbons (Fsp3) is 0.389. The molecule has 2 aromatic heterocycles. The van der Waals surface area contributed by atoms with E-state index >= 15 is 0 Å². The van der Waals surface area contributed by atoms with Crippen molar-refractivity contribution in [1.29, 1.82) is 0 Å². The van der Waals surface area contributed by atoms with Gasteiger partial charge in [-0.05, 0) is 50.8 Å². The normalized spacial score (nSPS) is 15.1. The Bertz CT molecular complexity index is 1000. The van der Waals surface area contributed by atoms with Crippen LogP contribution < -0.4 is 10.3 Å². The number of carbonyl (C=O) groups is 1. The molecule has 7 heteroatoms. The average molecular weight is 358 g/mol. The Morgan fingerprint density at radius 3 is 2.92 bits per heavy atom. The van der Waals surface area contributed by atoms with Crippen LogP contribution in [0.2, 0.25) is 0 Å². The number of ether oxygens (including phenoxy) is 2. The van der Waals surface area contributed by atoms with Gasteiger partial charge in [-0.25, -0.2) is 9.78 Å². The number of fused-ring (bicyclic) bond motifs is 3. The molecular weight excluding hydrogens is 340 g/mol. The molecule has 4 rings (SSSR count). The van der Waals surface area contributed by atoms with Crippen LogP contribution in [0.25, 0.3) is 15.2 Å². The maximum absolute atomic E-state index is 12.7. The zero-order valence-corrected chi connectivity index (χ0v) is 14.7. The maximum atomic E-state index is 12.7. The summed E-state index contributed by atoms with van der Waals surface area (Å²) < 4.78 is 13.3. The average Bonchev–Trinajstić information content (AvgIpc) is 3.22. The number of benzene rings is 1. The Hall–Kier alpha value is -2.41. The van der Waals surface area contributed by atoms with E-state index in [4.69, 9.17) is 9.47 Å². The summed E-state index contributed by atoms with van der Waals surface area (Å²) in [6.07, 6.45) is 6.18. The molecule has 0 atom stereocenters. The van der Waals surface area contributed by atoms with E-state index in [1.807, 2.05) is 18.2 Å². The lowest BCUT2D eigenvalue weighted by Gasteiger charge is -2.12. The predicted molar refractivity (Wildman–Crippen MR) is 95.7 cm³/mol. The van der Waals surface area contributed by atoms with Crippen LogP contribution in [-0.4, -0.2) is 28.1 Å². The number of hydrogen-bond acceptors (Lipinski definition) is 6. The van der Waals surface area contributed by atoms with Crippen molar-refractivity contribution in [3.05, 3.63) is 40.3 Å². The molecular formula is C18H18N2O4S. The molecule has 130 valence electrons. The van der Waals surface area contributed by atoms with Gasteiger partial charge in [0.1, 0.15) is 11.3 Å². The smallest absolute Gasteiger partial charge is 0.345 e. The van der Waals surface area contributed by atoms with Crippen molar-refractivity contribution in [2.24, 2.45) is 0 Å². The molecule has 6 nitrogen and oxygen atoms in total. The third-order valence-electron chi connectivity index (χ3n) is 4.40. The molecule has 1 aliphatic carbocycles. The lowest BCUT2D eigenvalue weighted by atomic mass is 10.3. The lowest BCUT2D eigenvalue weighted by Crippen LogP contribution is -2.23. The SMILES string of the molecule is CCOC(=O)c1cnc2sc3cc(OC4CCCC4)ccc3n2c1=O. The Morgan fingerprint density at radius 2 is 2.16 bits per heavy atom. The largest absolute Gasteiger partial charge is 0.490 e. The van der Waals surface area contributed by atoms with Crippen LogP contribution in [0.15, 0.2) is 29.2 Å². The Balaban J connectivity index is 1.77. The Kier molecular flexibility index (Phi) is 4.17. The van der Waals surface area contributed by atoms with Crippen molar-refractivity contribution in [1.82, 2.24) is 9.38 Å². The Labute approximate surface area is 148 Å². The van der Waals surface area contributed by atoms with E-state index in [1.54, 1.807) is 6.92 Å². The van der Waals surface area contributed by atoms with Gasteiger partial charge >= 0.3 is 5.97 Å². The van der Waals surface area contributed by atoms with E-state index < -0.39 is 11.5 Å². The first kappa shape index (κ1) is 16.1. The maximum Gasteiger partial charge on any atom is 0.345 e. The summed E-state index contributed by atoms with van der Waals surface area (Å²) in [6.45, 7) is 1.92. The summed E-state index contributed by atoms with van der Waals surface area (Å²) in [6, 6.07) is 5.66. The fourth-order valence-electron chi connectivity index (χ4n) is 3.20. The molecule has 0 N–H and O–H groups in total. The lowest BCUT2D eigenvalue weighted by molar-refractivity contribution is 0.0523. The van der Waals surface area contributed by atoms with Crippen LogP contribution in [-0.2, 0) is 4.74 Å². The number of aromatic nitrogens is 2. The van der Waals surface area contributed by atoms with Gasteiger partial charge in [0.15, 0.2) is 4.96 Å². The van der Waals surface area contributed by atoms with Crippen LogP contribution >= 0.6 is 11.3 Å². The molecule has 0 aliphatic heterocycles. The van der Waals surface area contributed by atoms with Crippen molar-refractivity contribution in [3.8, 4) is 5.75 Å². The van der Waals surface area contributed by atoms with Crippen LogP contribution in [0.5, 0.6) is 5.75 Å². The van der Waals surface area contributed by atoms with Crippen LogP contribution in [0.4, 0.5) is 0 Å². The molecule has 0 bridgehead atoms. The summed E-state index contributed by atoms with van der Waals surface area (Å²) >= 11 is 1.40. The molecule has 1 saturated carbocycles. The van der Waals surface area contributed by atoms with Gasteiger partial charge in [0.25, 0.3) is 5.56 Å². The number of rotatable bonds is 4. The number of thiazole rings is 1. The molecule has 3 aromatic rings. The molecule has 0 spiro atoms. The first-order valence-corrected chi connectivity index (χ1v) is 9.27. The van der Waals surface area contributed by atoms with E-state index in [0.29, 0.717) is 4.96 Å². The quantitative estimate of drug-likeness (QED) is 0.669. The first-order chi connectivity index (χ1) is 12.2. The van der Waals surface area contributed by atoms with Gasteiger partial charge in [0, 0.05) is 0 Å². The second-order valence-electron chi connectivity index (χ2n) is 6.07. The van der Waals surface area contributed by atoms with Crippen LogP contribution in [0.1, 0.15) is 43.0 Å².